The van der Waals surface area contributed by atoms with E-state index in [1.165, 1.54) is 17.8 Å². The van der Waals surface area contributed by atoms with Gasteiger partial charge in [0.25, 0.3) is 5.91 Å². The predicted octanol–water partition coefficient (Wildman–Crippen LogP) is 0.447. The molecular formula is C13H16N6O2. The SMILES string of the molecule is CC(=O)Nc1ccc(NC(=O)c2cn(CCN)nn2)cc1. The van der Waals surface area contributed by atoms with Gasteiger partial charge in [-0.3, -0.25) is 14.3 Å². The number of nitrogens with two attached hydrogens (primary N) is 1. The van der Waals surface area contributed by atoms with Crippen LogP contribution in [0.2, 0.25) is 0 Å². The number of benzene rings is 1. The standard InChI is InChI=1S/C13H16N6O2/c1-9(20)15-10-2-4-11(5-3-10)16-13(21)12-8-19(7-6-14)18-17-12/h2-5,8H,6-7,14H2,1H3,(H,15,20)(H,16,21). The molecule has 1 heterocycles. The van der Waals surface area contributed by atoms with Crippen molar-refractivity contribution in [1.82, 2.24) is 15.0 Å². The highest BCUT2D eigenvalue weighted by Gasteiger charge is 2.10. The minimum atomic E-state index is -0.356. The van der Waals surface area contributed by atoms with E-state index in [1.54, 1.807) is 24.3 Å². The highest BCUT2D eigenvalue weighted by molar-refractivity contribution is 6.02. The van der Waals surface area contributed by atoms with Crippen molar-refractivity contribution in [3.8, 4) is 0 Å². The average Bonchev–Trinajstić information content (AvgIpc) is 2.89. The molecule has 1 aromatic heterocycles. The molecule has 8 nitrogen and oxygen atoms in total. The summed E-state index contributed by atoms with van der Waals surface area (Å²) in [5.41, 5.74) is 6.88. The molecular weight excluding hydrogens is 272 g/mol. The van der Waals surface area contributed by atoms with E-state index < -0.39 is 0 Å². The van der Waals surface area contributed by atoms with Crippen LogP contribution in [-0.4, -0.2) is 33.4 Å². The number of hydrogen-bond donors (Lipinski definition) is 3. The second-order valence-corrected chi connectivity index (χ2v) is 4.37. The minimum Gasteiger partial charge on any atom is -0.329 e. The molecule has 1 aromatic carbocycles. The number of rotatable bonds is 5. The molecule has 0 saturated heterocycles. The van der Waals surface area contributed by atoms with Crippen LogP contribution in [0.25, 0.3) is 0 Å². The lowest BCUT2D eigenvalue weighted by Crippen LogP contribution is -2.13. The summed E-state index contributed by atoms with van der Waals surface area (Å²) in [6.07, 6.45) is 1.54. The van der Waals surface area contributed by atoms with E-state index in [4.69, 9.17) is 5.73 Å². The Labute approximate surface area is 121 Å². The summed E-state index contributed by atoms with van der Waals surface area (Å²) in [4.78, 5) is 22.9. The summed E-state index contributed by atoms with van der Waals surface area (Å²) in [6, 6.07) is 6.77. The lowest BCUT2D eigenvalue weighted by molar-refractivity contribution is -0.114. The number of carbonyl (C=O) groups is 2. The number of hydrogen-bond acceptors (Lipinski definition) is 5. The molecule has 4 N–H and O–H groups in total. The van der Waals surface area contributed by atoms with Crippen LogP contribution in [0, 0.1) is 0 Å². The van der Waals surface area contributed by atoms with E-state index in [1.807, 2.05) is 0 Å². The molecule has 2 rings (SSSR count). The quantitative estimate of drug-likeness (QED) is 0.738. The number of nitrogens with one attached hydrogen (secondary N) is 2. The molecule has 0 aliphatic rings. The third-order valence-electron chi connectivity index (χ3n) is 2.59. The van der Waals surface area contributed by atoms with Crippen LogP contribution in [0.1, 0.15) is 17.4 Å². The molecule has 0 atom stereocenters. The van der Waals surface area contributed by atoms with Crippen molar-refractivity contribution < 1.29 is 9.59 Å². The molecule has 21 heavy (non-hydrogen) atoms. The first-order chi connectivity index (χ1) is 10.1. The van der Waals surface area contributed by atoms with Crippen LogP contribution in [-0.2, 0) is 11.3 Å². The Bertz CT molecular complexity index is 634. The van der Waals surface area contributed by atoms with Gasteiger partial charge in [-0.1, -0.05) is 5.21 Å². The Morgan fingerprint density at radius 1 is 1.19 bits per heavy atom. The van der Waals surface area contributed by atoms with E-state index in [2.05, 4.69) is 20.9 Å². The topological polar surface area (TPSA) is 115 Å². The third-order valence-corrected chi connectivity index (χ3v) is 2.59. The fraction of sp³-hybridized carbons (Fsp3) is 0.231. The molecule has 0 radical (unpaired) electrons. The van der Waals surface area contributed by atoms with Gasteiger partial charge in [-0.15, -0.1) is 5.10 Å². The molecule has 2 aromatic rings. The minimum absolute atomic E-state index is 0.150. The van der Waals surface area contributed by atoms with Gasteiger partial charge < -0.3 is 16.4 Å². The fourth-order valence-corrected chi connectivity index (χ4v) is 1.68. The average molecular weight is 288 g/mol. The maximum absolute atomic E-state index is 12.0. The molecule has 2 amide bonds. The molecule has 0 saturated carbocycles. The van der Waals surface area contributed by atoms with Gasteiger partial charge in [0.15, 0.2) is 5.69 Å². The highest BCUT2D eigenvalue weighted by atomic mass is 16.2. The summed E-state index contributed by atoms with van der Waals surface area (Å²) in [7, 11) is 0. The summed E-state index contributed by atoms with van der Waals surface area (Å²) >= 11 is 0. The zero-order valence-electron chi connectivity index (χ0n) is 11.5. The molecule has 0 fully saturated rings. The van der Waals surface area contributed by atoms with Gasteiger partial charge in [0.05, 0.1) is 12.7 Å². The van der Waals surface area contributed by atoms with Gasteiger partial charge in [0, 0.05) is 24.8 Å². The molecule has 8 heteroatoms. The van der Waals surface area contributed by atoms with Crippen LogP contribution < -0.4 is 16.4 Å². The van der Waals surface area contributed by atoms with Crippen LogP contribution in [0.5, 0.6) is 0 Å². The normalized spacial score (nSPS) is 10.2. The van der Waals surface area contributed by atoms with E-state index in [0.29, 0.717) is 24.5 Å². The molecule has 0 spiro atoms. The highest BCUT2D eigenvalue weighted by Crippen LogP contribution is 2.14. The Morgan fingerprint density at radius 2 is 1.81 bits per heavy atom. The maximum atomic E-state index is 12.0. The van der Waals surface area contributed by atoms with Gasteiger partial charge >= 0.3 is 0 Å². The van der Waals surface area contributed by atoms with Gasteiger partial charge in [-0.05, 0) is 24.3 Å². The Kier molecular flexibility index (Phi) is 4.62. The van der Waals surface area contributed by atoms with Gasteiger partial charge in [0.1, 0.15) is 0 Å². The van der Waals surface area contributed by atoms with E-state index in [0.717, 1.165) is 0 Å². The first-order valence-corrected chi connectivity index (χ1v) is 6.37. The number of aromatic nitrogens is 3. The van der Waals surface area contributed by atoms with Crippen molar-refractivity contribution in [3.63, 3.8) is 0 Å². The maximum Gasteiger partial charge on any atom is 0.277 e. The second kappa shape index (κ2) is 6.62. The first-order valence-electron chi connectivity index (χ1n) is 6.37. The van der Waals surface area contributed by atoms with Crippen molar-refractivity contribution >= 4 is 23.2 Å². The largest absolute Gasteiger partial charge is 0.329 e. The van der Waals surface area contributed by atoms with Crippen molar-refractivity contribution in [3.05, 3.63) is 36.2 Å². The first kappa shape index (κ1) is 14.7. The number of amides is 2. The summed E-state index contributed by atoms with van der Waals surface area (Å²) in [5.74, 6) is -0.506. The monoisotopic (exact) mass is 288 g/mol. The molecule has 0 aliphatic carbocycles. The molecule has 0 aliphatic heterocycles. The zero-order valence-corrected chi connectivity index (χ0v) is 11.5. The number of nitrogens with zero attached hydrogens (tertiary/aromatic N) is 3. The van der Waals surface area contributed by atoms with Crippen molar-refractivity contribution in [2.45, 2.75) is 13.5 Å². The smallest absolute Gasteiger partial charge is 0.277 e. The lowest BCUT2D eigenvalue weighted by Gasteiger charge is -2.05. The number of carbonyl (C=O) groups excluding carboxylic acids is 2. The lowest BCUT2D eigenvalue weighted by atomic mass is 10.2. The Balaban J connectivity index is 1.99. The van der Waals surface area contributed by atoms with Crippen LogP contribution in [0.15, 0.2) is 30.5 Å². The summed E-state index contributed by atoms with van der Waals surface area (Å²) < 4.78 is 1.51. The fourth-order valence-electron chi connectivity index (χ4n) is 1.68. The van der Waals surface area contributed by atoms with Crippen LogP contribution >= 0.6 is 0 Å². The Morgan fingerprint density at radius 3 is 2.38 bits per heavy atom. The van der Waals surface area contributed by atoms with Crippen LogP contribution in [0.3, 0.4) is 0 Å². The summed E-state index contributed by atoms with van der Waals surface area (Å²) in [6.45, 7) is 2.36. The number of anilines is 2. The van der Waals surface area contributed by atoms with Crippen molar-refractivity contribution in [2.24, 2.45) is 5.73 Å². The van der Waals surface area contributed by atoms with Gasteiger partial charge in [-0.2, -0.15) is 0 Å². The predicted molar refractivity (Wildman–Crippen MR) is 77.8 cm³/mol. The third kappa shape index (κ3) is 4.11. The van der Waals surface area contributed by atoms with E-state index in [-0.39, 0.29) is 17.5 Å². The van der Waals surface area contributed by atoms with E-state index in [9.17, 15) is 9.59 Å². The van der Waals surface area contributed by atoms with Crippen molar-refractivity contribution in [2.75, 3.05) is 17.2 Å². The van der Waals surface area contributed by atoms with Gasteiger partial charge in [-0.25, -0.2) is 0 Å². The van der Waals surface area contributed by atoms with Crippen molar-refractivity contribution in [1.29, 1.82) is 0 Å². The second-order valence-electron chi connectivity index (χ2n) is 4.37. The molecule has 0 bridgehead atoms. The Hall–Kier alpha value is -2.74. The molecule has 0 unspecified atom stereocenters. The van der Waals surface area contributed by atoms with Crippen LogP contribution in [0.4, 0.5) is 11.4 Å². The zero-order chi connectivity index (χ0) is 15.2. The molecule has 110 valence electrons. The van der Waals surface area contributed by atoms with E-state index >= 15 is 0 Å². The summed E-state index contributed by atoms with van der Waals surface area (Å²) in [5, 5.41) is 12.9. The van der Waals surface area contributed by atoms with Gasteiger partial charge in [0.2, 0.25) is 5.91 Å².